The number of aryl methyl sites for hydroxylation is 1. The van der Waals surface area contributed by atoms with Gasteiger partial charge in [0.25, 0.3) is 0 Å². The van der Waals surface area contributed by atoms with Crippen LogP contribution in [0.1, 0.15) is 25.0 Å². The van der Waals surface area contributed by atoms with Gasteiger partial charge in [0, 0.05) is 18.2 Å². The molecular weight excluding hydrogens is 289 g/mol. The molecule has 0 radical (unpaired) electrons. The molecule has 0 spiro atoms. The van der Waals surface area contributed by atoms with Crippen LogP contribution >= 0.6 is 11.6 Å². The molecule has 21 heavy (non-hydrogen) atoms. The van der Waals surface area contributed by atoms with Crippen molar-refractivity contribution in [1.29, 1.82) is 0 Å². The Balaban J connectivity index is 2.32. The zero-order chi connectivity index (χ0) is 15.4. The Morgan fingerprint density at radius 1 is 1.24 bits per heavy atom. The van der Waals surface area contributed by atoms with Crippen LogP contribution in [0.15, 0.2) is 36.4 Å². The molecule has 112 valence electrons. The van der Waals surface area contributed by atoms with Crippen molar-refractivity contribution in [3.8, 4) is 11.5 Å². The molecule has 2 rings (SSSR count). The Kier molecular flexibility index (Phi) is 5.21. The van der Waals surface area contributed by atoms with Crippen LogP contribution in [-0.2, 0) is 6.54 Å². The Labute approximate surface area is 129 Å². The van der Waals surface area contributed by atoms with Gasteiger partial charge in [-0.05, 0) is 30.7 Å². The first-order valence-corrected chi connectivity index (χ1v) is 7.30. The van der Waals surface area contributed by atoms with Crippen molar-refractivity contribution >= 4 is 11.6 Å². The van der Waals surface area contributed by atoms with E-state index >= 15 is 0 Å². The van der Waals surface area contributed by atoms with Crippen molar-refractivity contribution in [3.63, 3.8) is 0 Å². The molecule has 0 aliphatic heterocycles. The highest BCUT2D eigenvalue weighted by molar-refractivity contribution is 6.32. The molecule has 0 aliphatic rings. The van der Waals surface area contributed by atoms with Crippen molar-refractivity contribution in [3.05, 3.63) is 58.4 Å². The minimum absolute atomic E-state index is 0.221. The van der Waals surface area contributed by atoms with Crippen molar-refractivity contribution in [1.82, 2.24) is 5.32 Å². The fourth-order valence-corrected chi connectivity index (χ4v) is 2.08. The predicted octanol–water partition coefficient (Wildman–Crippen LogP) is 5.08. The lowest BCUT2D eigenvalue weighted by Crippen LogP contribution is -2.22. The van der Waals surface area contributed by atoms with Gasteiger partial charge < -0.3 is 10.1 Å². The topological polar surface area (TPSA) is 21.3 Å². The third-order valence-corrected chi connectivity index (χ3v) is 3.36. The highest BCUT2D eigenvalue weighted by atomic mass is 35.5. The van der Waals surface area contributed by atoms with Crippen molar-refractivity contribution in [2.45, 2.75) is 33.4 Å². The van der Waals surface area contributed by atoms with Gasteiger partial charge in [0.1, 0.15) is 5.75 Å². The van der Waals surface area contributed by atoms with Gasteiger partial charge >= 0.3 is 0 Å². The van der Waals surface area contributed by atoms with Crippen LogP contribution in [0.2, 0.25) is 5.02 Å². The molecule has 0 aromatic heterocycles. The van der Waals surface area contributed by atoms with Crippen LogP contribution in [0, 0.1) is 12.7 Å². The average molecular weight is 308 g/mol. The minimum Gasteiger partial charge on any atom is -0.452 e. The van der Waals surface area contributed by atoms with Crippen LogP contribution < -0.4 is 10.1 Å². The summed E-state index contributed by atoms with van der Waals surface area (Å²) in [5, 5.41) is 3.73. The second kappa shape index (κ2) is 6.92. The van der Waals surface area contributed by atoms with Gasteiger partial charge in [-0.25, -0.2) is 4.39 Å². The van der Waals surface area contributed by atoms with Gasteiger partial charge in [0.15, 0.2) is 11.6 Å². The molecule has 0 saturated carbocycles. The third-order valence-electron chi connectivity index (χ3n) is 3.05. The van der Waals surface area contributed by atoms with Crippen LogP contribution in [0.5, 0.6) is 11.5 Å². The summed E-state index contributed by atoms with van der Waals surface area (Å²) in [5.41, 5.74) is 1.77. The van der Waals surface area contributed by atoms with Gasteiger partial charge in [0.2, 0.25) is 0 Å². The summed E-state index contributed by atoms with van der Waals surface area (Å²) in [5.74, 6) is 0.293. The predicted molar refractivity (Wildman–Crippen MR) is 84.6 cm³/mol. The zero-order valence-electron chi connectivity index (χ0n) is 12.4. The molecule has 4 heteroatoms. The van der Waals surface area contributed by atoms with Crippen LogP contribution in [-0.4, -0.2) is 6.04 Å². The van der Waals surface area contributed by atoms with E-state index in [1.165, 1.54) is 6.07 Å². The molecule has 0 bridgehead atoms. The average Bonchev–Trinajstić information content (AvgIpc) is 2.43. The molecule has 0 fully saturated rings. The summed E-state index contributed by atoms with van der Waals surface area (Å²) >= 11 is 6.12. The summed E-state index contributed by atoms with van der Waals surface area (Å²) in [4.78, 5) is 0. The van der Waals surface area contributed by atoms with Crippen molar-refractivity contribution in [2.75, 3.05) is 0 Å². The maximum atomic E-state index is 14.1. The van der Waals surface area contributed by atoms with E-state index in [4.69, 9.17) is 16.3 Å². The van der Waals surface area contributed by atoms with E-state index in [1.54, 1.807) is 18.2 Å². The van der Waals surface area contributed by atoms with E-state index in [2.05, 4.69) is 5.32 Å². The third kappa shape index (κ3) is 4.19. The molecule has 2 nitrogen and oxygen atoms in total. The summed E-state index contributed by atoms with van der Waals surface area (Å²) in [6.07, 6.45) is 0. The Morgan fingerprint density at radius 2 is 2.00 bits per heavy atom. The van der Waals surface area contributed by atoms with Crippen LogP contribution in [0.3, 0.4) is 0 Å². The monoisotopic (exact) mass is 307 g/mol. The van der Waals surface area contributed by atoms with E-state index in [0.29, 0.717) is 23.4 Å². The minimum atomic E-state index is -0.393. The zero-order valence-corrected chi connectivity index (χ0v) is 13.2. The Morgan fingerprint density at radius 3 is 2.71 bits per heavy atom. The number of para-hydroxylation sites is 1. The van der Waals surface area contributed by atoms with Gasteiger partial charge in [-0.1, -0.05) is 43.6 Å². The van der Waals surface area contributed by atoms with Gasteiger partial charge in [-0.15, -0.1) is 0 Å². The fourth-order valence-electron chi connectivity index (χ4n) is 1.92. The number of nitrogens with one attached hydrogen (secondary N) is 1. The van der Waals surface area contributed by atoms with Crippen molar-refractivity contribution < 1.29 is 9.13 Å². The highest BCUT2D eigenvalue weighted by Crippen LogP contribution is 2.33. The Hall–Kier alpha value is -1.58. The molecule has 0 heterocycles. The number of ether oxygens (including phenoxy) is 1. The van der Waals surface area contributed by atoms with E-state index in [0.717, 1.165) is 11.1 Å². The summed E-state index contributed by atoms with van der Waals surface area (Å²) in [6, 6.07) is 10.7. The number of benzene rings is 2. The molecule has 2 aromatic carbocycles. The largest absolute Gasteiger partial charge is 0.452 e. The lowest BCUT2D eigenvalue weighted by atomic mass is 10.1. The molecular formula is C17H19ClFNO. The van der Waals surface area contributed by atoms with E-state index < -0.39 is 5.82 Å². The second-order valence-electron chi connectivity index (χ2n) is 5.30. The molecule has 1 N–H and O–H groups in total. The first kappa shape index (κ1) is 15.8. The normalized spacial score (nSPS) is 11.0. The molecule has 2 aromatic rings. The first-order chi connectivity index (χ1) is 9.97. The first-order valence-electron chi connectivity index (χ1n) is 6.92. The van der Waals surface area contributed by atoms with Crippen molar-refractivity contribution in [2.24, 2.45) is 0 Å². The van der Waals surface area contributed by atoms with Gasteiger partial charge in [-0.3, -0.25) is 0 Å². The lowest BCUT2D eigenvalue weighted by molar-refractivity contribution is 0.431. The second-order valence-corrected chi connectivity index (χ2v) is 5.71. The maximum Gasteiger partial charge on any atom is 0.167 e. The van der Waals surface area contributed by atoms with Gasteiger partial charge in [0.05, 0.1) is 5.02 Å². The number of hydrogen-bond donors (Lipinski definition) is 1. The molecule has 0 atom stereocenters. The lowest BCUT2D eigenvalue weighted by Gasteiger charge is -2.15. The number of rotatable bonds is 5. The quantitative estimate of drug-likeness (QED) is 0.832. The summed E-state index contributed by atoms with van der Waals surface area (Å²) in [7, 11) is 0. The molecule has 0 saturated heterocycles. The van der Waals surface area contributed by atoms with Crippen LogP contribution in [0.4, 0.5) is 4.39 Å². The molecule has 0 amide bonds. The van der Waals surface area contributed by atoms with E-state index in [9.17, 15) is 4.39 Å². The fraction of sp³-hybridized carbons (Fsp3) is 0.294. The van der Waals surface area contributed by atoms with Gasteiger partial charge in [-0.2, -0.15) is 0 Å². The molecule has 0 aliphatic carbocycles. The number of halogens is 2. The standard InChI is InChI=1S/C17H19ClFNO/c1-11(2)20-10-13-5-4-6-15(19)17(13)21-16-9-12(3)7-8-14(16)18/h4-9,11,20H,10H2,1-3H3. The highest BCUT2D eigenvalue weighted by Gasteiger charge is 2.13. The van der Waals surface area contributed by atoms with Crippen LogP contribution in [0.25, 0.3) is 0 Å². The molecule has 0 unspecified atom stereocenters. The number of hydrogen-bond acceptors (Lipinski definition) is 2. The van der Waals surface area contributed by atoms with E-state index in [1.807, 2.05) is 32.9 Å². The van der Waals surface area contributed by atoms with E-state index in [-0.39, 0.29) is 5.75 Å². The maximum absolute atomic E-state index is 14.1. The Bertz CT molecular complexity index is 628. The summed E-state index contributed by atoms with van der Waals surface area (Å²) in [6.45, 7) is 6.55. The smallest absolute Gasteiger partial charge is 0.167 e. The summed E-state index contributed by atoms with van der Waals surface area (Å²) < 4.78 is 19.8. The SMILES string of the molecule is Cc1ccc(Cl)c(Oc2c(F)cccc2CNC(C)C)c1.